The lowest BCUT2D eigenvalue weighted by atomic mass is 9.83. The first-order chi connectivity index (χ1) is 8.16. The van der Waals surface area contributed by atoms with Gasteiger partial charge < -0.3 is 5.32 Å². The Morgan fingerprint density at radius 3 is 2.71 bits per heavy atom. The average molecular weight is 235 g/mol. The molecular formula is C14H25N3. The second-order valence-electron chi connectivity index (χ2n) is 5.64. The van der Waals surface area contributed by atoms with Crippen molar-refractivity contribution in [3.8, 4) is 0 Å². The van der Waals surface area contributed by atoms with Gasteiger partial charge in [-0.15, -0.1) is 0 Å². The molecule has 0 saturated heterocycles. The normalized spacial score (nSPS) is 27.0. The zero-order valence-electron chi connectivity index (χ0n) is 11.3. The SMILES string of the molecule is CC1CCC(CNC(C)c2ccnn2C)CC1. The Morgan fingerprint density at radius 1 is 1.41 bits per heavy atom. The molecule has 17 heavy (non-hydrogen) atoms. The smallest absolute Gasteiger partial charge is 0.0547 e. The van der Waals surface area contributed by atoms with Gasteiger partial charge >= 0.3 is 0 Å². The molecular weight excluding hydrogens is 210 g/mol. The summed E-state index contributed by atoms with van der Waals surface area (Å²) in [6.07, 6.45) is 7.48. The third-order valence-corrected chi connectivity index (χ3v) is 4.15. The fraction of sp³-hybridized carbons (Fsp3) is 0.786. The lowest BCUT2D eigenvalue weighted by molar-refractivity contribution is 0.275. The van der Waals surface area contributed by atoms with Crippen molar-refractivity contribution in [1.82, 2.24) is 15.1 Å². The standard InChI is InChI=1S/C14H25N3/c1-11-4-6-13(7-5-11)10-15-12(2)14-8-9-16-17(14)3/h8-9,11-13,15H,4-7,10H2,1-3H3. The minimum Gasteiger partial charge on any atom is -0.309 e. The highest BCUT2D eigenvalue weighted by Gasteiger charge is 2.19. The molecule has 1 aromatic rings. The van der Waals surface area contributed by atoms with Gasteiger partial charge in [-0.3, -0.25) is 4.68 Å². The molecule has 3 heteroatoms. The van der Waals surface area contributed by atoms with Crippen LogP contribution in [0.4, 0.5) is 0 Å². The quantitative estimate of drug-likeness (QED) is 0.869. The van der Waals surface area contributed by atoms with Crippen LogP contribution in [0.3, 0.4) is 0 Å². The lowest BCUT2D eigenvalue weighted by Gasteiger charge is -2.27. The van der Waals surface area contributed by atoms with Crippen LogP contribution in [0, 0.1) is 11.8 Å². The first kappa shape index (κ1) is 12.6. The molecule has 0 spiro atoms. The van der Waals surface area contributed by atoms with E-state index in [1.165, 1.54) is 31.4 Å². The summed E-state index contributed by atoms with van der Waals surface area (Å²) in [6, 6.07) is 2.50. The molecule has 0 bridgehead atoms. The van der Waals surface area contributed by atoms with Gasteiger partial charge in [0, 0.05) is 19.3 Å². The van der Waals surface area contributed by atoms with Gasteiger partial charge in [0.2, 0.25) is 0 Å². The maximum absolute atomic E-state index is 4.22. The Balaban J connectivity index is 1.77. The zero-order chi connectivity index (χ0) is 12.3. The topological polar surface area (TPSA) is 29.9 Å². The first-order valence-corrected chi connectivity index (χ1v) is 6.88. The molecule has 0 amide bonds. The summed E-state index contributed by atoms with van der Waals surface area (Å²) in [4.78, 5) is 0. The molecule has 96 valence electrons. The molecule has 0 radical (unpaired) electrons. The molecule has 1 aliphatic rings. The molecule has 1 aromatic heterocycles. The highest BCUT2D eigenvalue weighted by atomic mass is 15.3. The van der Waals surface area contributed by atoms with Crippen molar-refractivity contribution in [2.45, 2.75) is 45.6 Å². The van der Waals surface area contributed by atoms with Gasteiger partial charge in [-0.05, 0) is 44.2 Å². The van der Waals surface area contributed by atoms with Crippen LogP contribution in [0.15, 0.2) is 12.3 Å². The minimum absolute atomic E-state index is 0.404. The summed E-state index contributed by atoms with van der Waals surface area (Å²) in [7, 11) is 2.01. The maximum atomic E-state index is 4.22. The predicted molar refractivity (Wildman–Crippen MR) is 70.7 cm³/mol. The molecule has 0 aliphatic heterocycles. The van der Waals surface area contributed by atoms with Crippen molar-refractivity contribution in [2.24, 2.45) is 18.9 Å². The highest BCUT2D eigenvalue weighted by molar-refractivity contribution is 5.05. The third-order valence-electron chi connectivity index (χ3n) is 4.15. The fourth-order valence-electron chi connectivity index (χ4n) is 2.79. The van der Waals surface area contributed by atoms with Crippen LogP contribution in [0.5, 0.6) is 0 Å². The predicted octanol–water partition coefficient (Wildman–Crippen LogP) is 2.90. The number of hydrogen-bond donors (Lipinski definition) is 1. The summed E-state index contributed by atoms with van der Waals surface area (Å²) >= 11 is 0. The van der Waals surface area contributed by atoms with Crippen LogP contribution in [-0.2, 0) is 7.05 Å². The molecule has 1 N–H and O–H groups in total. The van der Waals surface area contributed by atoms with E-state index in [0.717, 1.165) is 18.4 Å². The van der Waals surface area contributed by atoms with Gasteiger partial charge in [-0.1, -0.05) is 19.8 Å². The van der Waals surface area contributed by atoms with E-state index in [1.54, 1.807) is 0 Å². The van der Waals surface area contributed by atoms with Gasteiger partial charge in [-0.2, -0.15) is 5.10 Å². The number of nitrogens with zero attached hydrogens (tertiary/aromatic N) is 2. The third kappa shape index (κ3) is 3.32. The lowest BCUT2D eigenvalue weighted by Crippen LogP contribution is -2.29. The number of aryl methyl sites for hydroxylation is 1. The molecule has 1 heterocycles. The first-order valence-electron chi connectivity index (χ1n) is 6.88. The van der Waals surface area contributed by atoms with E-state index in [1.807, 2.05) is 17.9 Å². The number of rotatable bonds is 4. The molecule has 3 nitrogen and oxygen atoms in total. The monoisotopic (exact) mass is 235 g/mol. The van der Waals surface area contributed by atoms with E-state index < -0.39 is 0 Å². The van der Waals surface area contributed by atoms with Crippen molar-refractivity contribution >= 4 is 0 Å². The Bertz CT molecular complexity index is 337. The summed E-state index contributed by atoms with van der Waals surface area (Å²) in [6.45, 7) is 5.75. The fourth-order valence-corrected chi connectivity index (χ4v) is 2.79. The summed E-state index contributed by atoms with van der Waals surface area (Å²) < 4.78 is 1.96. The maximum Gasteiger partial charge on any atom is 0.0547 e. The van der Waals surface area contributed by atoms with Crippen molar-refractivity contribution in [3.05, 3.63) is 18.0 Å². The van der Waals surface area contributed by atoms with Crippen molar-refractivity contribution in [2.75, 3.05) is 6.54 Å². The van der Waals surface area contributed by atoms with Gasteiger partial charge in [-0.25, -0.2) is 0 Å². The molecule has 1 aliphatic carbocycles. The van der Waals surface area contributed by atoms with E-state index in [9.17, 15) is 0 Å². The molecule has 1 saturated carbocycles. The van der Waals surface area contributed by atoms with Crippen LogP contribution < -0.4 is 5.32 Å². The Hall–Kier alpha value is -0.830. The summed E-state index contributed by atoms with van der Waals surface area (Å²) in [5.41, 5.74) is 1.27. The number of nitrogens with one attached hydrogen (secondary N) is 1. The van der Waals surface area contributed by atoms with E-state index in [-0.39, 0.29) is 0 Å². The van der Waals surface area contributed by atoms with Gasteiger partial charge in [0.1, 0.15) is 0 Å². The molecule has 1 unspecified atom stereocenters. The molecule has 2 rings (SSSR count). The molecule has 1 fully saturated rings. The molecule has 1 atom stereocenters. The average Bonchev–Trinajstić information content (AvgIpc) is 2.74. The van der Waals surface area contributed by atoms with Crippen molar-refractivity contribution in [3.63, 3.8) is 0 Å². The van der Waals surface area contributed by atoms with Gasteiger partial charge in [0.25, 0.3) is 0 Å². The van der Waals surface area contributed by atoms with Crippen molar-refractivity contribution in [1.29, 1.82) is 0 Å². The Kier molecular flexibility index (Phi) is 4.21. The second-order valence-corrected chi connectivity index (χ2v) is 5.64. The Morgan fingerprint density at radius 2 is 2.12 bits per heavy atom. The van der Waals surface area contributed by atoms with Crippen LogP contribution in [-0.4, -0.2) is 16.3 Å². The Labute approximate surface area is 105 Å². The number of aromatic nitrogens is 2. The minimum atomic E-state index is 0.404. The van der Waals surface area contributed by atoms with Crippen LogP contribution in [0.2, 0.25) is 0 Å². The summed E-state index contributed by atoms with van der Waals surface area (Å²) in [5, 5.41) is 7.87. The van der Waals surface area contributed by atoms with Crippen LogP contribution >= 0.6 is 0 Å². The van der Waals surface area contributed by atoms with E-state index in [0.29, 0.717) is 6.04 Å². The van der Waals surface area contributed by atoms with E-state index >= 15 is 0 Å². The van der Waals surface area contributed by atoms with Gasteiger partial charge in [0.05, 0.1) is 5.69 Å². The van der Waals surface area contributed by atoms with Crippen molar-refractivity contribution < 1.29 is 0 Å². The van der Waals surface area contributed by atoms with E-state index in [4.69, 9.17) is 0 Å². The van der Waals surface area contributed by atoms with Gasteiger partial charge in [0.15, 0.2) is 0 Å². The second kappa shape index (κ2) is 5.67. The summed E-state index contributed by atoms with van der Waals surface area (Å²) in [5.74, 6) is 1.82. The van der Waals surface area contributed by atoms with Crippen LogP contribution in [0.1, 0.15) is 51.3 Å². The van der Waals surface area contributed by atoms with E-state index in [2.05, 4.69) is 30.3 Å². The molecule has 0 aromatic carbocycles. The highest BCUT2D eigenvalue weighted by Crippen LogP contribution is 2.28. The largest absolute Gasteiger partial charge is 0.309 e. The number of hydrogen-bond acceptors (Lipinski definition) is 2. The zero-order valence-corrected chi connectivity index (χ0v) is 11.3. The van der Waals surface area contributed by atoms with Crippen LogP contribution in [0.25, 0.3) is 0 Å².